The van der Waals surface area contributed by atoms with Gasteiger partial charge >= 0.3 is 5.97 Å². The number of rotatable bonds is 6. The summed E-state index contributed by atoms with van der Waals surface area (Å²) in [6.07, 6.45) is 1.70. The van der Waals surface area contributed by atoms with E-state index in [2.05, 4.69) is 4.74 Å². The van der Waals surface area contributed by atoms with Gasteiger partial charge in [-0.25, -0.2) is 4.79 Å². The maximum absolute atomic E-state index is 13.0. The first kappa shape index (κ1) is 23.7. The summed E-state index contributed by atoms with van der Waals surface area (Å²) in [6, 6.07) is 10.3. The molecule has 1 aliphatic heterocycles. The lowest BCUT2D eigenvalue weighted by molar-refractivity contribution is -0.123. The molecule has 0 bridgehead atoms. The number of methoxy groups -OCH3 is 2. The van der Waals surface area contributed by atoms with Crippen LogP contribution in [0.3, 0.4) is 0 Å². The first-order valence-electron chi connectivity index (χ1n) is 10.2. The zero-order valence-electron chi connectivity index (χ0n) is 18.9. The van der Waals surface area contributed by atoms with E-state index in [4.69, 9.17) is 20.8 Å². The Labute approximate surface area is 205 Å². The van der Waals surface area contributed by atoms with Crippen LogP contribution in [0.5, 0.6) is 5.75 Å². The molecule has 1 saturated heterocycles. The maximum atomic E-state index is 13.0. The van der Waals surface area contributed by atoms with E-state index in [1.165, 1.54) is 19.2 Å². The van der Waals surface area contributed by atoms with Crippen molar-refractivity contribution in [2.75, 3.05) is 14.2 Å². The average Bonchev–Trinajstić information content (AvgIpc) is 3.46. The van der Waals surface area contributed by atoms with Crippen LogP contribution >= 0.6 is 23.4 Å². The van der Waals surface area contributed by atoms with Gasteiger partial charge in [-0.05, 0) is 73.6 Å². The van der Waals surface area contributed by atoms with Crippen LogP contribution in [0.2, 0.25) is 5.02 Å². The molecule has 1 aliphatic rings. The van der Waals surface area contributed by atoms with E-state index < -0.39 is 17.1 Å². The number of aromatic nitrogens is 1. The van der Waals surface area contributed by atoms with Gasteiger partial charge in [0.2, 0.25) is 5.76 Å². The molecule has 34 heavy (non-hydrogen) atoms. The summed E-state index contributed by atoms with van der Waals surface area (Å²) in [4.78, 5) is 38.5. The second-order valence-corrected chi connectivity index (χ2v) is 8.93. The van der Waals surface area contributed by atoms with Gasteiger partial charge in [0, 0.05) is 16.4 Å². The maximum Gasteiger partial charge on any atom is 0.373 e. The van der Waals surface area contributed by atoms with Crippen LogP contribution in [0.15, 0.2) is 45.7 Å². The lowest BCUT2D eigenvalue weighted by Gasteiger charge is -2.14. The van der Waals surface area contributed by atoms with Crippen molar-refractivity contribution in [3.8, 4) is 11.4 Å². The number of nitrogens with zero attached hydrogens (tertiary/aromatic N) is 2. The zero-order chi connectivity index (χ0) is 24.6. The number of hydrogen-bond donors (Lipinski definition) is 0. The normalized spacial score (nSPS) is 14.9. The van der Waals surface area contributed by atoms with Crippen LogP contribution in [0, 0.1) is 13.8 Å². The Morgan fingerprint density at radius 2 is 1.91 bits per heavy atom. The molecule has 1 fully saturated rings. The minimum atomic E-state index is -0.632. The van der Waals surface area contributed by atoms with E-state index in [1.807, 2.05) is 30.5 Å². The number of carbonyl (C=O) groups is 3. The van der Waals surface area contributed by atoms with Gasteiger partial charge in [0.05, 0.1) is 31.4 Å². The highest BCUT2D eigenvalue weighted by Crippen LogP contribution is 2.36. The Hall–Kier alpha value is -3.43. The first-order chi connectivity index (χ1) is 16.2. The second kappa shape index (κ2) is 9.44. The highest BCUT2D eigenvalue weighted by atomic mass is 35.5. The number of halogens is 1. The minimum absolute atomic E-state index is 0.00361. The topological polar surface area (TPSA) is 91.0 Å². The molecule has 2 amide bonds. The van der Waals surface area contributed by atoms with Gasteiger partial charge in [-0.2, -0.15) is 0 Å². The summed E-state index contributed by atoms with van der Waals surface area (Å²) in [5, 5.41) is 0.150. The molecule has 1 aromatic carbocycles. The van der Waals surface area contributed by atoms with Crippen LogP contribution in [-0.4, -0.2) is 40.8 Å². The molecular formula is C24H21ClN2O6S. The molecule has 8 nitrogen and oxygen atoms in total. The van der Waals surface area contributed by atoms with E-state index in [1.54, 1.807) is 25.3 Å². The van der Waals surface area contributed by atoms with Gasteiger partial charge in [0.15, 0.2) is 0 Å². The molecule has 10 heteroatoms. The molecule has 0 unspecified atom stereocenters. The van der Waals surface area contributed by atoms with Crippen molar-refractivity contribution in [2.24, 2.45) is 0 Å². The van der Waals surface area contributed by atoms with Crippen molar-refractivity contribution in [3.63, 3.8) is 0 Å². The molecule has 3 aromatic rings. The molecule has 0 atom stereocenters. The molecule has 0 aliphatic carbocycles. The molecule has 0 radical (unpaired) electrons. The summed E-state index contributed by atoms with van der Waals surface area (Å²) in [6.45, 7) is 3.77. The van der Waals surface area contributed by atoms with Gasteiger partial charge in [-0.3, -0.25) is 14.5 Å². The molecule has 176 valence electrons. The Balaban J connectivity index is 1.62. The number of esters is 1. The summed E-state index contributed by atoms with van der Waals surface area (Å²) in [5.74, 6) is -0.106. The number of thioether (sulfide) groups is 1. The Kier molecular flexibility index (Phi) is 6.58. The number of hydrogen-bond acceptors (Lipinski definition) is 7. The third kappa shape index (κ3) is 4.36. The van der Waals surface area contributed by atoms with Gasteiger partial charge in [-0.15, -0.1) is 0 Å². The summed E-state index contributed by atoms with van der Waals surface area (Å²) >= 11 is 7.07. The van der Waals surface area contributed by atoms with E-state index in [9.17, 15) is 14.4 Å². The Morgan fingerprint density at radius 1 is 1.15 bits per heavy atom. The second-order valence-electron chi connectivity index (χ2n) is 7.50. The third-order valence-electron chi connectivity index (χ3n) is 5.37. The largest absolute Gasteiger partial charge is 0.495 e. The Bertz CT molecular complexity index is 1340. The van der Waals surface area contributed by atoms with Crippen LogP contribution < -0.4 is 4.74 Å². The van der Waals surface area contributed by atoms with E-state index >= 15 is 0 Å². The fourth-order valence-corrected chi connectivity index (χ4v) is 4.74. The van der Waals surface area contributed by atoms with Gasteiger partial charge in [0.1, 0.15) is 11.5 Å². The smallest absolute Gasteiger partial charge is 0.373 e. The first-order valence-corrected chi connectivity index (χ1v) is 11.4. The molecule has 4 rings (SSSR count). The lowest BCUT2D eigenvalue weighted by atomic mass is 10.2. The van der Waals surface area contributed by atoms with Crippen LogP contribution in [-0.2, 0) is 16.1 Å². The van der Waals surface area contributed by atoms with Crippen molar-refractivity contribution in [1.29, 1.82) is 0 Å². The monoisotopic (exact) mass is 500 g/mol. The number of aryl methyl sites for hydroxylation is 1. The molecule has 3 heterocycles. The molecule has 0 spiro atoms. The van der Waals surface area contributed by atoms with Crippen LogP contribution in [0.4, 0.5) is 4.79 Å². The number of benzene rings is 1. The molecular weight excluding hydrogens is 480 g/mol. The quantitative estimate of drug-likeness (QED) is 0.332. The van der Waals surface area contributed by atoms with Crippen molar-refractivity contribution in [1.82, 2.24) is 9.47 Å². The average molecular weight is 501 g/mol. The van der Waals surface area contributed by atoms with Crippen LogP contribution in [0.25, 0.3) is 11.8 Å². The SMILES string of the molecule is COC(=O)c1ccc(CN2C(=O)S/C(=C/c3cc(C)n(-c4cc(Cl)ccc4OC)c3C)C2=O)o1. The Morgan fingerprint density at radius 3 is 2.62 bits per heavy atom. The van der Waals surface area contributed by atoms with E-state index in [-0.39, 0.29) is 12.3 Å². The van der Waals surface area contributed by atoms with Gasteiger partial charge < -0.3 is 18.5 Å². The van der Waals surface area contributed by atoms with Gasteiger partial charge in [0.25, 0.3) is 11.1 Å². The fourth-order valence-electron chi connectivity index (χ4n) is 3.75. The highest BCUT2D eigenvalue weighted by molar-refractivity contribution is 8.18. The summed E-state index contributed by atoms with van der Waals surface area (Å²) < 4.78 is 17.5. The van der Waals surface area contributed by atoms with Crippen molar-refractivity contribution in [3.05, 3.63) is 74.8 Å². The third-order valence-corrected chi connectivity index (χ3v) is 6.52. The minimum Gasteiger partial charge on any atom is -0.495 e. The molecule has 0 N–H and O–H groups in total. The van der Waals surface area contributed by atoms with E-state index in [0.29, 0.717) is 21.4 Å². The number of imide groups is 1. The number of ether oxygens (including phenoxy) is 2. The number of furan rings is 1. The molecule has 0 saturated carbocycles. The summed E-state index contributed by atoms with van der Waals surface area (Å²) in [7, 11) is 2.83. The van der Waals surface area contributed by atoms with E-state index in [0.717, 1.165) is 39.3 Å². The number of carbonyl (C=O) groups excluding carboxylic acids is 3. The lowest BCUT2D eigenvalue weighted by Crippen LogP contribution is -2.27. The van der Waals surface area contributed by atoms with Crippen LogP contribution in [0.1, 0.15) is 33.3 Å². The van der Waals surface area contributed by atoms with Crippen molar-refractivity contribution in [2.45, 2.75) is 20.4 Å². The summed E-state index contributed by atoms with van der Waals surface area (Å²) in [5.41, 5.74) is 3.33. The van der Waals surface area contributed by atoms with Crippen molar-refractivity contribution < 1.29 is 28.3 Å². The number of amides is 2. The standard InChI is InChI=1S/C24H21ClN2O6S/c1-13-9-15(14(2)27(13)18-11-16(25)5-7-19(18)31-3)10-21-22(28)26(24(30)34-21)12-17-6-8-20(33-17)23(29)32-4/h5-11H,12H2,1-4H3/b21-10+. The van der Waals surface area contributed by atoms with Crippen molar-refractivity contribution >= 4 is 46.6 Å². The highest BCUT2D eigenvalue weighted by Gasteiger charge is 2.36. The predicted molar refractivity (Wildman–Crippen MR) is 128 cm³/mol. The zero-order valence-corrected chi connectivity index (χ0v) is 20.5. The van der Waals surface area contributed by atoms with Gasteiger partial charge in [-0.1, -0.05) is 11.6 Å². The molecule has 2 aromatic heterocycles. The fraction of sp³-hybridized carbons (Fsp3) is 0.208. The predicted octanol–water partition coefficient (Wildman–Crippen LogP) is 5.37.